The minimum atomic E-state index is 0.571. The lowest BCUT2D eigenvalue weighted by atomic mass is 10.1. The molecule has 2 aromatic rings. The molecular weight excluding hydrogens is 240 g/mol. The highest BCUT2D eigenvalue weighted by Gasteiger charge is 2.02. The van der Waals surface area contributed by atoms with Gasteiger partial charge in [-0.1, -0.05) is 24.3 Å². The number of thioether (sulfide) groups is 1. The Hall–Kier alpha value is -1.32. The van der Waals surface area contributed by atoms with Crippen LogP contribution in [0.25, 0.3) is 0 Å². The van der Waals surface area contributed by atoms with Crippen LogP contribution in [-0.4, -0.2) is 4.98 Å². The molecule has 2 rings (SSSR count). The molecule has 0 amide bonds. The van der Waals surface area contributed by atoms with Crippen molar-refractivity contribution in [2.24, 2.45) is 5.73 Å². The fourth-order valence-corrected chi connectivity index (χ4v) is 2.89. The van der Waals surface area contributed by atoms with Gasteiger partial charge in [-0.15, -0.1) is 11.8 Å². The second-order valence-electron chi connectivity index (χ2n) is 4.37. The summed E-state index contributed by atoms with van der Waals surface area (Å²) < 4.78 is 0. The first-order chi connectivity index (χ1) is 8.69. The summed E-state index contributed by atoms with van der Waals surface area (Å²) in [4.78, 5) is 4.53. The van der Waals surface area contributed by atoms with Gasteiger partial charge in [-0.05, 0) is 42.7 Å². The molecule has 0 unspecified atom stereocenters. The third kappa shape index (κ3) is 3.34. The summed E-state index contributed by atoms with van der Waals surface area (Å²) in [6.45, 7) is 4.73. The molecule has 0 saturated heterocycles. The van der Waals surface area contributed by atoms with E-state index in [-0.39, 0.29) is 0 Å². The molecule has 0 aliphatic carbocycles. The summed E-state index contributed by atoms with van der Waals surface area (Å²) in [6, 6.07) is 12.6. The van der Waals surface area contributed by atoms with E-state index in [0.717, 1.165) is 22.0 Å². The van der Waals surface area contributed by atoms with Crippen LogP contribution in [0.5, 0.6) is 0 Å². The zero-order valence-corrected chi connectivity index (χ0v) is 11.6. The molecule has 2 N–H and O–H groups in total. The van der Waals surface area contributed by atoms with E-state index in [9.17, 15) is 0 Å². The first-order valence-electron chi connectivity index (χ1n) is 6.04. The Morgan fingerprint density at radius 3 is 2.67 bits per heavy atom. The Labute approximate surface area is 113 Å². The van der Waals surface area contributed by atoms with E-state index >= 15 is 0 Å². The topological polar surface area (TPSA) is 38.9 Å². The molecule has 0 aliphatic heterocycles. The molecule has 94 valence electrons. The summed E-state index contributed by atoms with van der Waals surface area (Å²) in [5.41, 5.74) is 10.6. The van der Waals surface area contributed by atoms with Gasteiger partial charge in [0.1, 0.15) is 0 Å². The van der Waals surface area contributed by atoms with Crippen LogP contribution in [0, 0.1) is 13.8 Å². The largest absolute Gasteiger partial charge is 0.326 e. The Kier molecular flexibility index (Phi) is 4.39. The van der Waals surface area contributed by atoms with E-state index in [0.29, 0.717) is 6.54 Å². The minimum Gasteiger partial charge on any atom is -0.326 e. The molecule has 1 aromatic carbocycles. The van der Waals surface area contributed by atoms with Crippen LogP contribution in [0.4, 0.5) is 0 Å². The number of nitrogens with zero attached hydrogens (tertiary/aromatic N) is 1. The van der Waals surface area contributed by atoms with Gasteiger partial charge >= 0.3 is 0 Å². The SMILES string of the molecule is Cc1cc(CN)cc(SCc2ccccc2C)n1. The second kappa shape index (κ2) is 6.03. The maximum Gasteiger partial charge on any atom is 0.0969 e. The highest BCUT2D eigenvalue weighted by molar-refractivity contribution is 7.98. The number of hydrogen-bond donors (Lipinski definition) is 1. The molecule has 0 atom stereocenters. The van der Waals surface area contributed by atoms with Crippen molar-refractivity contribution in [3.63, 3.8) is 0 Å². The van der Waals surface area contributed by atoms with E-state index < -0.39 is 0 Å². The van der Waals surface area contributed by atoms with Crippen LogP contribution >= 0.6 is 11.8 Å². The van der Waals surface area contributed by atoms with E-state index in [1.54, 1.807) is 11.8 Å². The number of hydrogen-bond acceptors (Lipinski definition) is 3. The zero-order valence-electron chi connectivity index (χ0n) is 10.8. The molecule has 18 heavy (non-hydrogen) atoms. The smallest absolute Gasteiger partial charge is 0.0969 e. The lowest BCUT2D eigenvalue weighted by Crippen LogP contribution is -1.98. The third-order valence-corrected chi connectivity index (χ3v) is 3.82. The van der Waals surface area contributed by atoms with Gasteiger partial charge in [-0.3, -0.25) is 0 Å². The van der Waals surface area contributed by atoms with Gasteiger partial charge < -0.3 is 5.73 Å². The standard InChI is InChI=1S/C15H18N2S/c1-11-5-3-4-6-14(11)10-18-15-8-13(9-16)7-12(2)17-15/h3-8H,9-10,16H2,1-2H3. The van der Waals surface area contributed by atoms with Crippen LogP contribution in [0.2, 0.25) is 0 Å². The Morgan fingerprint density at radius 2 is 1.94 bits per heavy atom. The van der Waals surface area contributed by atoms with Crippen molar-refractivity contribution >= 4 is 11.8 Å². The highest BCUT2D eigenvalue weighted by atomic mass is 32.2. The molecule has 0 saturated carbocycles. The van der Waals surface area contributed by atoms with Crippen molar-refractivity contribution in [1.82, 2.24) is 4.98 Å². The third-order valence-electron chi connectivity index (χ3n) is 2.86. The normalized spacial score (nSPS) is 10.6. The predicted molar refractivity (Wildman–Crippen MR) is 77.6 cm³/mol. The average Bonchev–Trinajstić information content (AvgIpc) is 2.37. The first kappa shape index (κ1) is 13.1. The van der Waals surface area contributed by atoms with Crippen LogP contribution in [-0.2, 0) is 12.3 Å². The quantitative estimate of drug-likeness (QED) is 0.854. The second-order valence-corrected chi connectivity index (χ2v) is 5.37. The molecule has 1 heterocycles. The van der Waals surface area contributed by atoms with E-state index in [4.69, 9.17) is 5.73 Å². The Bertz CT molecular complexity index is 538. The number of aromatic nitrogens is 1. The van der Waals surface area contributed by atoms with Crippen molar-refractivity contribution in [3.8, 4) is 0 Å². The van der Waals surface area contributed by atoms with Crippen molar-refractivity contribution < 1.29 is 0 Å². The molecule has 0 spiro atoms. The molecule has 0 aliphatic rings. The maximum atomic E-state index is 5.68. The minimum absolute atomic E-state index is 0.571. The Balaban J connectivity index is 2.11. The zero-order chi connectivity index (χ0) is 13.0. The lowest BCUT2D eigenvalue weighted by Gasteiger charge is -2.07. The highest BCUT2D eigenvalue weighted by Crippen LogP contribution is 2.23. The van der Waals surface area contributed by atoms with Gasteiger partial charge in [0, 0.05) is 18.0 Å². The fourth-order valence-electron chi connectivity index (χ4n) is 1.82. The van der Waals surface area contributed by atoms with Crippen molar-refractivity contribution in [1.29, 1.82) is 0 Å². The number of rotatable bonds is 4. The summed E-state index contributed by atoms with van der Waals surface area (Å²) in [5.74, 6) is 0.952. The summed E-state index contributed by atoms with van der Waals surface area (Å²) in [7, 11) is 0. The molecule has 3 heteroatoms. The van der Waals surface area contributed by atoms with Gasteiger partial charge in [0.05, 0.1) is 5.03 Å². The first-order valence-corrected chi connectivity index (χ1v) is 7.02. The van der Waals surface area contributed by atoms with Gasteiger partial charge in [0.15, 0.2) is 0 Å². The molecule has 1 aromatic heterocycles. The van der Waals surface area contributed by atoms with E-state index in [1.165, 1.54) is 11.1 Å². The van der Waals surface area contributed by atoms with Gasteiger partial charge in [-0.2, -0.15) is 0 Å². The van der Waals surface area contributed by atoms with Gasteiger partial charge in [0.25, 0.3) is 0 Å². The molecule has 0 fully saturated rings. The van der Waals surface area contributed by atoms with Gasteiger partial charge in [0.2, 0.25) is 0 Å². The van der Waals surface area contributed by atoms with Crippen molar-refractivity contribution in [2.75, 3.05) is 0 Å². The van der Waals surface area contributed by atoms with Gasteiger partial charge in [-0.25, -0.2) is 4.98 Å². The van der Waals surface area contributed by atoms with Crippen LogP contribution in [0.3, 0.4) is 0 Å². The van der Waals surface area contributed by atoms with E-state index in [1.807, 2.05) is 13.0 Å². The molecule has 2 nitrogen and oxygen atoms in total. The Morgan fingerprint density at radius 1 is 1.17 bits per heavy atom. The summed E-state index contributed by atoms with van der Waals surface area (Å²) >= 11 is 1.76. The van der Waals surface area contributed by atoms with Crippen molar-refractivity contribution in [3.05, 3.63) is 58.8 Å². The van der Waals surface area contributed by atoms with Crippen LogP contribution in [0.15, 0.2) is 41.4 Å². The molecular formula is C15H18N2S. The lowest BCUT2D eigenvalue weighted by molar-refractivity contribution is 0.986. The predicted octanol–water partition coefficient (Wildman–Crippen LogP) is 3.45. The van der Waals surface area contributed by atoms with Crippen LogP contribution in [0.1, 0.15) is 22.4 Å². The van der Waals surface area contributed by atoms with Crippen molar-refractivity contribution in [2.45, 2.75) is 31.2 Å². The summed E-state index contributed by atoms with van der Waals surface area (Å²) in [6.07, 6.45) is 0. The summed E-state index contributed by atoms with van der Waals surface area (Å²) in [5, 5.41) is 1.05. The van der Waals surface area contributed by atoms with E-state index in [2.05, 4.69) is 42.2 Å². The number of aryl methyl sites for hydroxylation is 2. The molecule has 0 bridgehead atoms. The average molecular weight is 258 g/mol. The molecule has 0 radical (unpaired) electrons. The maximum absolute atomic E-state index is 5.68. The van der Waals surface area contributed by atoms with Crippen LogP contribution < -0.4 is 5.73 Å². The number of nitrogens with two attached hydrogens (primary N) is 1. The number of benzene rings is 1. The monoisotopic (exact) mass is 258 g/mol. The fraction of sp³-hybridized carbons (Fsp3) is 0.267. The number of pyridine rings is 1.